The van der Waals surface area contributed by atoms with Crippen LogP contribution in [0.1, 0.15) is 37.1 Å². The summed E-state index contributed by atoms with van der Waals surface area (Å²) < 4.78 is 0. The van der Waals surface area contributed by atoms with Crippen LogP contribution in [0.2, 0.25) is 0 Å². The number of H-pyrrole nitrogens is 1. The van der Waals surface area contributed by atoms with E-state index in [2.05, 4.69) is 66.2 Å². The molecule has 2 aliphatic rings. The van der Waals surface area contributed by atoms with Crippen molar-refractivity contribution < 1.29 is 0 Å². The third-order valence-electron chi connectivity index (χ3n) is 6.16. The first-order chi connectivity index (χ1) is 14.4. The fourth-order valence-electron chi connectivity index (χ4n) is 4.86. The van der Waals surface area contributed by atoms with Crippen molar-refractivity contribution in [3.05, 3.63) is 92.9 Å². The van der Waals surface area contributed by atoms with Crippen molar-refractivity contribution in [3.63, 3.8) is 0 Å². The van der Waals surface area contributed by atoms with Gasteiger partial charge in [-0.1, -0.05) is 35.9 Å². The van der Waals surface area contributed by atoms with Crippen LogP contribution in [0.15, 0.2) is 75.6 Å². The number of allylic oxidation sites excluding steroid dienone is 3. The Balaban J connectivity index is 1.69. The Morgan fingerprint density at radius 2 is 1.93 bits per heavy atom. The predicted octanol–water partition coefficient (Wildman–Crippen LogP) is 4.89. The van der Waals surface area contributed by atoms with Gasteiger partial charge in [0.2, 0.25) is 5.56 Å². The second-order valence-electron chi connectivity index (χ2n) is 8.44. The zero-order valence-electron chi connectivity index (χ0n) is 18.1. The summed E-state index contributed by atoms with van der Waals surface area (Å²) in [6.45, 7) is 4.28. The molecule has 4 nitrogen and oxygen atoms in total. The first-order valence-corrected chi connectivity index (χ1v) is 10.5. The molecule has 0 fully saturated rings. The molecule has 154 valence electrons. The number of nitrogens with zero attached hydrogens (tertiary/aromatic N) is 2. The fourth-order valence-corrected chi connectivity index (χ4v) is 4.86. The van der Waals surface area contributed by atoms with Crippen molar-refractivity contribution in [1.82, 2.24) is 4.98 Å². The molecular weight excluding hydrogens is 370 g/mol. The molecule has 1 N–H and O–H groups in total. The van der Waals surface area contributed by atoms with E-state index in [9.17, 15) is 4.79 Å². The van der Waals surface area contributed by atoms with Gasteiger partial charge in [0, 0.05) is 55.7 Å². The SMILES string of the molecule is CC=C1C2C=C(C)CC1(N=C/C=C/c1ccc(N(C)C)cc1)c1ccc(=O)[nH]c1C2. The highest BCUT2D eigenvalue weighted by Gasteiger charge is 2.46. The molecule has 30 heavy (non-hydrogen) atoms. The summed E-state index contributed by atoms with van der Waals surface area (Å²) in [7, 11) is 4.08. The van der Waals surface area contributed by atoms with Crippen LogP contribution < -0.4 is 10.5 Å². The van der Waals surface area contributed by atoms with Gasteiger partial charge in [0.25, 0.3) is 0 Å². The standard InChI is InChI=1S/C26H29N3O/c1-5-22-20-15-18(2)17-26(22,23-12-13-25(30)28-24(23)16-20)27-14-6-7-19-8-10-21(11-9-19)29(3)4/h5-15,20H,16-17H2,1-4H3,(H,28,30)/b7-6+,22-5?,27-14?. The van der Waals surface area contributed by atoms with Gasteiger partial charge in [0.1, 0.15) is 5.54 Å². The Morgan fingerprint density at radius 3 is 2.63 bits per heavy atom. The smallest absolute Gasteiger partial charge is 0.248 e. The van der Waals surface area contributed by atoms with E-state index >= 15 is 0 Å². The van der Waals surface area contributed by atoms with E-state index in [0.717, 1.165) is 29.7 Å². The molecule has 1 heterocycles. The van der Waals surface area contributed by atoms with E-state index in [-0.39, 0.29) is 11.5 Å². The van der Waals surface area contributed by atoms with Crippen LogP contribution in [-0.2, 0) is 12.0 Å². The molecule has 4 heteroatoms. The maximum atomic E-state index is 11.9. The van der Waals surface area contributed by atoms with Gasteiger partial charge < -0.3 is 9.88 Å². The van der Waals surface area contributed by atoms with Gasteiger partial charge in [0.15, 0.2) is 0 Å². The number of hydrogen-bond donors (Lipinski definition) is 1. The molecule has 0 aliphatic heterocycles. The molecule has 1 aromatic carbocycles. The van der Waals surface area contributed by atoms with Gasteiger partial charge in [-0.3, -0.25) is 9.79 Å². The molecule has 2 bridgehead atoms. The number of aromatic nitrogens is 1. The fraction of sp³-hybridized carbons (Fsp3) is 0.308. The Morgan fingerprint density at radius 1 is 1.17 bits per heavy atom. The number of anilines is 1. The number of pyridine rings is 1. The Labute approximate surface area is 178 Å². The van der Waals surface area contributed by atoms with Crippen LogP contribution in [0.25, 0.3) is 6.08 Å². The van der Waals surface area contributed by atoms with E-state index in [1.54, 1.807) is 6.07 Å². The van der Waals surface area contributed by atoms with Gasteiger partial charge in [-0.25, -0.2) is 0 Å². The average molecular weight is 400 g/mol. The van der Waals surface area contributed by atoms with Crippen molar-refractivity contribution >= 4 is 18.0 Å². The monoisotopic (exact) mass is 399 g/mol. The average Bonchev–Trinajstić information content (AvgIpc) is 2.71. The van der Waals surface area contributed by atoms with Gasteiger partial charge in [-0.2, -0.15) is 0 Å². The topological polar surface area (TPSA) is 48.5 Å². The number of benzene rings is 1. The first-order valence-electron chi connectivity index (χ1n) is 10.5. The first kappa shape index (κ1) is 20.1. The predicted molar refractivity (Wildman–Crippen MR) is 126 cm³/mol. The van der Waals surface area contributed by atoms with E-state index in [1.807, 2.05) is 32.5 Å². The summed E-state index contributed by atoms with van der Waals surface area (Å²) in [5.74, 6) is 0.286. The number of fused-ring (bicyclic) bond motifs is 4. The van der Waals surface area contributed by atoms with Crippen LogP contribution in [0.4, 0.5) is 5.69 Å². The number of aromatic amines is 1. The number of nitrogens with one attached hydrogen (secondary N) is 1. The molecule has 2 aromatic rings. The number of hydrogen-bond acceptors (Lipinski definition) is 3. The highest BCUT2D eigenvalue weighted by Crippen LogP contribution is 2.51. The van der Waals surface area contributed by atoms with Gasteiger partial charge >= 0.3 is 0 Å². The van der Waals surface area contributed by atoms with E-state index in [1.165, 1.54) is 16.8 Å². The second-order valence-corrected chi connectivity index (χ2v) is 8.44. The number of rotatable bonds is 4. The second kappa shape index (κ2) is 7.94. The Bertz CT molecular complexity index is 1120. The van der Waals surface area contributed by atoms with Crippen LogP contribution in [0, 0.1) is 5.92 Å². The zero-order valence-corrected chi connectivity index (χ0v) is 18.1. The molecule has 0 saturated heterocycles. The molecule has 0 amide bonds. The summed E-state index contributed by atoms with van der Waals surface area (Å²) in [6, 6.07) is 12.0. The summed E-state index contributed by atoms with van der Waals surface area (Å²) in [6.07, 6.45) is 12.2. The molecule has 2 aliphatic carbocycles. The highest BCUT2D eigenvalue weighted by molar-refractivity contribution is 5.79. The van der Waals surface area contributed by atoms with E-state index in [0.29, 0.717) is 0 Å². The normalized spacial score (nSPS) is 24.3. The van der Waals surface area contributed by atoms with Crippen molar-refractivity contribution in [2.75, 3.05) is 19.0 Å². The van der Waals surface area contributed by atoms with Crippen molar-refractivity contribution in [2.24, 2.45) is 10.9 Å². The maximum Gasteiger partial charge on any atom is 0.248 e. The van der Waals surface area contributed by atoms with Crippen LogP contribution in [-0.4, -0.2) is 25.3 Å². The Kier molecular flexibility index (Phi) is 5.33. The van der Waals surface area contributed by atoms with Gasteiger partial charge in [-0.15, -0.1) is 0 Å². The van der Waals surface area contributed by atoms with Crippen LogP contribution in [0.5, 0.6) is 0 Å². The lowest BCUT2D eigenvalue weighted by Crippen LogP contribution is -2.40. The Hall–Kier alpha value is -3.14. The quantitative estimate of drug-likeness (QED) is 0.588. The zero-order chi connectivity index (χ0) is 21.3. The minimum atomic E-state index is -0.435. The van der Waals surface area contributed by atoms with Crippen molar-refractivity contribution in [1.29, 1.82) is 0 Å². The minimum absolute atomic E-state index is 0.0448. The molecular formula is C26H29N3O. The van der Waals surface area contributed by atoms with Crippen molar-refractivity contribution in [3.8, 4) is 0 Å². The van der Waals surface area contributed by atoms with E-state index in [4.69, 9.17) is 4.99 Å². The summed E-state index contributed by atoms with van der Waals surface area (Å²) in [4.78, 5) is 22.2. The third-order valence-corrected chi connectivity index (χ3v) is 6.16. The molecule has 0 saturated carbocycles. The number of aliphatic imine (C=N–C) groups is 1. The van der Waals surface area contributed by atoms with Crippen LogP contribution >= 0.6 is 0 Å². The lowest BCUT2D eigenvalue weighted by Gasteiger charge is -2.45. The lowest BCUT2D eigenvalue weighted by atomic mass is 9.63. The largest absolute Gasteiger partial charge is 0.378 e. The summed E-state index contributed by atoms with van der Waals surface area (Å²) >= 11 is 0. The summed E-state index contributed by atoms with van der Waals surface area (Å²) in [5, 5.41) is 0. The molecule has 2 atom stereocenters. The maximum absolute atomic E-state index is 11.9. The summed E-state index contributed by atoms with van der Waals surface area (Å²) in [5.41, 5.74) is 6.66. The van der Waals surface area contributed by atoms with Gasteiger partial charge in [-0.05, 0) is 55.7 Å². The third kappa shape index (κ3) is 3.58. The van der Waals surface area contributed by atoms with Crippen LogP contribution in [0.3, 0.4) is 0 Å². The minimum Gasteiger partial charge on any atom is -0.378 e. The molecule has 0 spiro atoms. The van der Waals surface area contributed by atoms with E-state index < -0.39 is 5.54 Å². The molecule has 2 unspecified atom stereocenters. The molecule has 1 aromatic heterocycles. The molecule has 4 rings (SSSR count). The van der Waals surface area contributed by atoms with Crippen molar-refractivity contribution in [2.45, 2.75) is 32.2 Å². The lowest BCUT2D eigenvalue weighted by molar-refractivity contribution is 0.413. The molecule has 0 radical (unpaired) electrons. The van der Waals surface area contributed by atoms with Gasteiger partial charge in [0.05, 0.1) is 0 Å². The highest BCUT2D eigenvalue weighted by atomic mass is 16.1.